The number of para-hydroxylation sites is 1. The molecule has 3 heteroatoms. The minimum atomic E-state index is 0.264. The van der Waals surface area contributed by atoms with E-state index in [1.807, 2.05) is 0 Å². The number of nitrogens with one attached hydrogen (secondary N) is 1. The van der Waals surface area contributed by atoms with Gasteiger partial charge in [-0.1, -0.05) is 36.7 Å². The van der Waals surface area contributed by atoms with E-state index in [-0.39, 0.29) is 6.04 Å². The molecular weight excluding hydrogens is 340 g/mol. The van der Waals surface area contributed by atoms with Crippen molar-refractivity contribution < 1.29 is 0 Å². The molecule has 2 nitrogen and oxygen atoms in total. The molecule has 1 unspecified atom stereocenters. The molecule has 0 amide bonds. The van der Waals surface area contributed by atoms with Crippen molar-refractivity contribution in [2.45, 2.75) is 47.1 Å². The summed E-state index contributed by atoms with van der Waals surface area (Å²) in [5.74, 6) is 0. The molecule has 3 rings (SSSR count). The van der Waals surface area contributed by atoms with Gasteiger partial charge in [0.25, 0.3) is 0 Å². The lowest BCUT2D eigenvalue weighted by atomic mass is 9.88. The van der Waals surface area contributed by atoms with E-state index in [1.54, 1.807) is 0 Å². The first-order valence-electron chi connectivity index (χ1n) is 9.57. The van der Waals surface area contributed by atoms with Crippen LogP contribution in [-0.2, 0) is 0 Å². The van der Waals surface area contributed by atoms with E-state index in [0.29, 0.717) is 0 Å². The zero-order valence-electron chi connectivity index (χ0n) is 16.5. The normalized spacial score (nSPS) is 16.5. The molecule has 138 valence electrons. The Labute approximate surface area is 162 Å². The molecule has 0 radical (unpaired) electrons. The van der Waals surface area contributed by atoms with E-state index in [1.165, 1.54) is 39.2 Å². The fraction of sp³-hybridized carbons (Fsp3) is 0.391. The molecule has 0 aliphatic carbocycles. The van der Waals surface area contributed by atoms with Crippen LogP contribution in [0.5, 0.6) is 0 Å². The fourth-order valence-electron chi connectivity index (χ4n) is 4.12. The minimum Gasteiger partial charge on any atom is -0.345 e. The Kier molecular flexibility index (Phi) is 5.74. The van der Waals surface area contributed by atoms with Crippen LogP contribution >= 0.6 is 11.6 Å². The summed E-state index contributed by atoms with van der Waals surface area (Å²) in [5.41, 5.74) is 9.05. The van der Waals surface area contributed by atoms with Gasteiger partial charge in [-0.2, -0.15) is 0 Å². The van der Waals surface area contributed by atoms with Gasteiger partial charge >= 0.3 is 0 Å². The van der Waals surface area contributed by atoms with Crippen LogP contribution in [-0.4, -0.2) is 13.1 Å². The van der Waals surface area contributed by atoms with Crippen LogP contribution in [0.15, 0.2) is 42.1 Å². The molecule has 0 spiro atoms. The van der Waals surface area contributed by atoms with E-state index < -0.39 is 0 Å². The Morgan fingerprint density at radius 3 is 2.38 bits per heavy atom. The van der Waals surface area contributed by atoms with Crippen LogP contribution in [0, 0.1) is 13.8 Å². The second-order valence-electron chi connectivity index (χ2n) is 7.14. The van der Waals surface area contributed by atoms with Gasteiger partial charge in [-0.3, -0.25) is 0 Å². The number of benzene rings is 2. The Hall–Kier alpha value is -1.77. The molecule has 0 aromatic heterocycles. The predicted octanol–water partition coefficient (Wildman–Crippen LogP) is 6.41. The van der Waals surface area contributed by atoms with Crippen LogP contribution in [0.1, 0.15) is 49.9 Å². The summed E-state index contributed by atoms with van der Waals surface area (Å²) in [6.45, 7) is 12.9. The van der Waals surface area contributed by atoms with Gasteiger partial charge in [-0.25, -0.2) is 0 Å². The van der Waals surface area contributed by atoms with Crippen molar-refractivity contribution in [2.24, 2.45) is 0 Å². The Morgan fingerprint density at radius 2 is 1.77 bits per heavy atom. The molecule has 2 aromatic carbocycles. The topological polar surface area (TPSA) is 15.3 Å². The van der Waals surface area contributed by atoms with E-state index in [0.717, 1.165) is 24.5 Å². The number of allylic oxidation sites excluding steroid dienone is 1. The van der Waals surface area contributed by atoms with Crippen LogP contribution in [0.4, 0.5) is 5.69 Å². The standard InChI is InChI=1S/C23H29ClN2/c1-6-11-25-21-14-17(5)26(7-2)23-19(21)9-8-10-20(23)22-15(3)12-18(24)13-16(22)4/h8-10,12-14,21,25H,6-7,11H2,1-5H3. The van der Waals surface area contributed by atoms with Crippen molar-refractivity contribution >= 4 is 17.3 Å². The van der Waals surface area contributed by atoms with Gasteiger partial charge in [0.05, 0.1) is 11.7 Å². The molecule has 1 N–H and O–H groups in total. The van der Waals surface area contributed by atoms with E-state index in [4.69, 9.17) is 11.6 Å². The number of hydrogen-bond donors (Lipinski definition) is 1. The molecule has 1 heterocycles. The van der Waals surface area contributed by atoms with Crippen molar-refractivity contribution in [2.75, 3.05) is 18.0 Å². The molecule has 0 saturated carbocycles. The number of hydrogen-bond acceptors (Lipinski definition) is 2. The first-order valence-corrected chi connectivity index (χ1v) is 9.95. The summed E-state index contributed by atoms with van der Waals surface area (Å²) in [6.07, 6.45) is 3.48. The maximum absolute atomic E-state index is 6.28. The summed E-state index contributed by atoms with van der Waals surface area (Å²) in [4.78, 5) is 2.43. The van der Waals surface area contributed by atoms with Gasteiger partial charge in [0.15, 0.2) is 0 Å². The third-order valence-corrected chi connectivity index (χ3v) is 5.42. The maximum Gasteiger partial charge on any atom is 0.0546 e. The van der Waals surface area contributed by atoms with Gasteiger partial charge in [0.1, 0.15) is 0 Å². The second kappa shape index (κ2) is 7.85. The summed E-state index contributed by atoms with van der Waals surface area (Å²) in [7, 11) is 0. The molecule has 0 saturated heterocycles. The molecular formula is C23H29ClN2. The molecule has 0 bridgehead atoms. The van der Waals surface area contributed by atoms with Crippen molar-refractivity contribution in [1.29, 1.82) is 0 Å². The van der Waals surface area contributed by atoms with E-state index >= 15 is 0 Å². The van der Waals surface area contributed by atoms with Crippen LogP contribution in [0.3, 0.4) is 0 Å². The number of aryl methyl sites for hydroxylation is 2. The second-order valence-corrected chi connectivity index (χ2v) is 7.58. The van der Waals surface area contributed by atoms with Gasteiger partial charge in [-0.15, -0.1) is 0 Å². The summed E-state index contributed by atoms with van der Waals surface area (Å²) < 4.78 is 0. The molecule has 0 fully saturated rings. The first-order chi connectivity index (χ1) is 12.5. The zero-order chi connectivity index (χ0) is 18.8. The molecule has 26 heavy (non-hydrogen) atoms. The number of halogens is 1. The third kappa shape index (κ3) is 3.41. The highest BCUT2D eigenvalue weighted by Gasteiger charge is 2.27. The Morgan fingerprint density at radius 1 is 1.08 bits per heavy atom. The number of nitrogens with zero attached hydrogens (tertiary/aromatic N) is 1. The van der Waals surface area contributed by atoms with Gasteiger partial charge in [-0.05, 0) is 81.1 Å². The fourth-order valence-corrected chi connectivity index (χ4v) is 4.45. The average molecular weight is 369 g/mol. The molecule has 1 aliphatic rings. The third-order valence-electron chi connectivity index (χ3n) is 5.20. The maximum atomic E-state index is 6.28. The smallest absolute Gasteiger partial charge is 0.0546 e. The molecule has 1 atom stereocenters. The first kappa shape index (κ1) is 19.0. The lowest BCUT2D eigenvalue weighted by molar-refractivity contribution is 0.600. The number of fused-ring (bicyclic) bond motifs is 1. The lowest BCUT2D eigenvalue weighted by Gasteiger charge is -2.36. The highest BCUT2D eigenvalue weighted by Crippen LogP contribution is 2.44. The van der Waals surface area contributed by atoms with Crippen molar-refractivity contribution in [3.8, 4) is 11.1 Å². The highest BCUT2D eigenvalue weighted by atomic mass is 35.5. The van der Waals surface area contributed by atoms with Gasteiger partial charge in [0, 0.05) is 22.8 Å². The Balaban J connectivity index is 2.23. The quantitative estimate of drug-likeness (QED) is 0.656. The van der Waals surface area contributed by atoms with Crippen LogP contribution in [0.2, 0.25) is 5.02 Å². The average Bonchev–Trinajstić information content (AvgIpc) is 2.59. The van der Waals surface area contributed by atoms with E-state index in [2.05, 4.69) is 81.2 Å². The predicted molar refractivity (Wildman–Crippen MR) is 114 cm³/mol. The van der Waals surface area contributed by atoms with Gasteiger partial charge < -0.3 is 10.2 Å². The molecule has 1 aliphatic heterocycles. The lowest BCUT2D eigenvalue weighted by Crippen LogP contribution is -2.32. The van der Waals surface area contributed by atoms with Crippen LogP contribution in [0.25, 0.3) is 11.1 Å². The largest absolute Gasteiger partial charge is 0.345 e. The highest BCUT2D eigenvalue weighted by molar-refractivity contribution is 6.30. The van der Waals surface area contributed by atoms with Crippen molar-refractivity contribution in [1.82, 2.24) is 5.32 Å². The summed E-state index contributed by atoms with van der Waals surface area (Å²) in [5, 5.41) is 4.50. The number of anilines is 1. The monoisotopic (exact) mass is 368 g/mol. The molecule has 2 aromatic rings. The summed E-state index contributed by atoms with van der Waals surface area (Å²) >= 11 is 6.28. The summed E-state index contributed by atoms with van der Waals surface area (Å²) in [6, 6.07) is 11.1. The SMILES string of the molecule is CCCNC1C=C(C)N(CC)c2c(-c3c(C)cc(Cl)cc3C)cccc21. The van der Waals surface area contributed by atoms with Gasteiger partial charge in [0.2, 0.25) is 0 Å². The minimum absolute atomic E-state index is 0.264. The number of rotatable bonds is 5. The van der Waals surface area contributed by atoms with Crippen molar-refractivity contribution in [3.05, 3.63) is 63.8 Å². The van der Waals surface area contributed by atoms with E-state index in [9.17, 15) is 0 Å². The van der Waals surface area contributed by atoms with Crippen LogP contribution < -0.4 is 10.2 Å². The van der Waals surface area contributed by atoms with Crippen molar-refractivity contribution in [3.63, 3.8) is 0 Å². The zero-order valence-corrected chi connectivity index (χ0v) is 17.2. The Bertz CT molecular complexity index is 815.